The van der Waals surface area contributed by atoms with Crippen molar-refractivity contribution in [3.05, 3.63) is 36.1 Å². The summed E-state index contributed by atoms with van der Waals surface area (Å²) in [6.07, 6.45) is 7.28. The quantitative estimate of drug-likeness (QED) is 0.585. The van der Waals surface area contributed by atoms with E-state index in [1.165, 1.54) is 11.3 Å². The fourth-order valence-corrected chi connectivity index (χ4v) is 1.07. The molecule has 0 unspecified atom stereocenters. The minimum atomic E-state index is 1.08. The van der Waals surface area contributed by atoms with E-state index >= 15 is 0 Å². The van der Waals surface area contributed by atoms with Crippen molar-refractivity contribution in [3.63, 3.8) is 0 Å². The lowest BCUT2D eigenvalue weighted by molar-refractivity contribution is 0.429. The second kappa shape index (κ2) is 6.53. The Morgan fingerprint density at radius 1 is 1.31 bits per heavy atom. The van der Waals surface area contributed by atoms with Gasteiger partial charge in [0.25, 0.3) is 0 Å². The zero-order valence-electron chi connectivity index (χ0n) is 9.30. The highest BCUT2D eigenvalue weighted by Crippen LogP contribution is 2.04. The van der Waals surface area contributed by atoms with E-state index in [0.717, 1.165) is 13.0 Å². The fourth-order valence-electron chi connectivity index (χ4n) is 1.07. The Bertz CT molecular complexity index is 207. The Balaban J connectivity index is 4.40. The molecule has 74 valence electrons. The molecule has 0 saturated carbocycles. The summed E-state index contributed by atoms with van der Waals surface area (Å²) in [5.41, 5.74) is 2.49. The Labute approximate surface area is 82.4 Å². The highest BCUT2D eigenvalue weighted by Gasteiger charge is 1.96. The summed E-state index contributed by atoms with van der Waals surface area (Å²) in [5, 5.41) is 0. The van der Waals surface area contributed by atoms with Gasteiger partial charge in [-0.3, -0.25) is 0 Å². The van der Waals surface area contributed by atoms with Gasteiger partial charge in [-0.1, -0.05) is 25.2 Å². The summed E-state index contributed by atoms with van der Waals surface area (Å²) in [6.45, 7) is 11.2. The second-order valence-electron chi connectivity index (χ2n) is 3.46. The van der Waals surface area contributed by atoms with Crippen LogP contribution >= 0.6 is 0 Å². The molecule has 0 bridgehead atoms. The monoisotopic (exact) mass is 179 g/mol. The Morgan fingerprint density at radius 2 is 1.92 bits per heavy atom. The zero-order chi connectivity index (χ0) is 10.3. The molecule has 0 atom stereocenters. The number of allylic oxidation sites excluding steroid dienone is 4. The van der Waals surface area contributed by atoms with Crippen molar-refractivity contribution in [2.75, 3.05) is 13.6 Å². The molecule has 0 amide bonds. The van der Waals surface area contributed by atoms with E-state index in [0.29, 0.717) is 0 Å². The molecule has 0 saturated heterocycles. The van der Waals surface area contributed by atoms with Crippen LogP contribution in [0.1, 0.15) is 27.2 Å². The van der Waals surface area contributed by atoms with Gasteiger partial charge in [0.2, 0.25) is 0 Å². The molecule has 0 rings (SSSR count). The Morgan fingerprint density at radius 3 is 2.31 bits per heavy atom. The molecule has 0 aromatic carbocycles. The predicted octanol–water partition coefficient (Wildman–Crippen LogP) is 3.36. The normalized spacial score (nSPS) is 10.9. The molecule has 0 N–H and O–H groups in total. The van der Waals surface area contributed by atoms with Crippen LogP contribution in [0.25, 0.3) is 0 Å². The molecule has 0 aliphatic rings. The van der Waals surface area contributed by atoms with Crippen LogP contribution in [0.15, 0.2) is 36.1 Å². The maximum atomic E-state index is 3.80. The molecule has 1 nitrogen and oxygen atoms in total. The number of hydrogen-bond acceptors (Lipinski definition) is 1. The number of hydrogen-bond donors (Lipinski definition) is 0. The van der Waals surface area contributed by atoms with Gasteiger partial charge in [-0.15, -0.1) is 0 Å². The van der Waals surface area contributed by atoms with Gasteiger partial charge in [0.1, 0.15) is 0 Å². The molecule has 13 heavy (non-hydrogen) atoms. The third-order valence-corrected chi connectivity index (χ3v) is 1.80. The topological polar surface area (TPSA) is 3.24 Å². The third kappa shape index (κ3) is 5.29. The molecule has 0 aromatic rings. The van der Waals surface area contributed by atoms with Gasteiger partial charge in [0.15, 0.2) is 0 Å². The van der Waals surface area contributed by atoms with Crippen molar-refractivity contribution < 1.29 is 0 Å². The van der Waals surface area contributed by atoms with Crippen LogP contribution in [0.3, 0.4) is 0 Å². The lowest BCUT2D eigenvalue weighted by Gasteiger charge is -2.18. The Kier molecular flexibility index (Phi) is 6.03. The molecular formula is C12H21N. The molecular weight excluding hydrogens is 158 g/mol. The predicted molar refractivity (Wildman–Crippen MR) is 60.6 cm³/mol. The molecule has 0 fully saturated rings. The smallest absolute Gasteiger partial charge is 0.0357 e. The lowest BCUT2D eigenvalue weighted by atomic mass is 10.2. The first-order valence-electron chi connectivity index (χ1n) is 4.80. The molecule has 0 spiro atoms. The maximum Gasteiger partial charge on any atom is 0.0357 e. The largest absolute Gasteiger partial charge is 0.375 e. The molecule has 0 aliphatic carbocycles. The minimum absolute atomic E-state index is 1.08. The number of nitrogens with zero attached hydrogens (tertiary/aromatic N) is 1. The summed E-state index contributed by atoms with van der Waals surface area (Å²) in [6, 6.07) is 0. The average Bonchev–Trinajstić information content (AvgIpc) is 2.05. The molecule has 0 heterocycles. The van der Waals surface area contributed by atoms with E-state index in [4.69, 9.17) is 0 Å². The second-order valence-corrected chi connectivity index (χ2v) is 3.46. The third-order valence-electron chi connectivity index (χ3n) is 1.80. The zero-order valence-corrected chi connectivity index (χ0v) is 9.30. The number of likely N-dealkylation sites (N-methyl/N-ethyl adjacent to an activating group) is 1. The van der Waals surface area contributed by atoms with E-state index in [2.05, 4.69) is 51.4 Å². The first-order chi connectivity index (χ1) is 6.11. The van der Waals surface area contributed by atoms with Gasteiger partial charge in [0.05, 0.1) is 0 Å². The van der Waals surface area contributed by atoms with E-state index in [-0.39, 0.29) is 0 Å². The fraction of sp³-hybridized carbons (Fsp3) is 0.500. The van der Waals surface area contributed by atoms with Crippen molar-refractivity contribution in [2.45, 2.75) is 27.2 Å². The summed E-state index contributed by atoms with van der Waals surface area (Å²) < 4.78 is 0. The summed E-state index contributed by atoms with van der Waals surface area (Å²) in [5.74, 6) is 0. The summed E-state index contributed by atoms with van der Waals surface area (Å²) in [4.78, 5) is 2.21. The van der Waals surface area contributed by atoms with Crippen LogP contribution in [0.4, 0.5) is 0 Å². The van der Waals surface area contributed by atoms with E-state index < -0.39 is 0 Å². The van der Waals surface area contributed by atoms with Gasteiger partial charge in [-0.25, -0.2) is 0 Å². The first kappa shape index (κ1) is 12.0. The van der Waals surface area contributed by atoms with Gasteiger partial charge in [0, 0.05) is 19.3 Å². The summed E-state index contributed by atoms with van der Waals surface area (Å²) in [7, 11) is 2.09. The van der Waals surface area contributed by atoms with Crippen molar-refractivity contribution >= 4 is 0 Å². The Hall–Kier alpha value is -0.980. The van der Waals surface area contributed by atoms with Crippen molar-refractivity contribution in [1.82, 2.24) is 4.90 Å². The van der Waals surface area contributed by atoms with Gasteiger partial charge in [-0.2, -0.15) is 0 Å². The molecule has 0 aromatic heterocycles. The number of rotatable bonds is 5. The van der Waals surface area contributed by atoms with Crippen molar-refractivity contribution in [3.8, 4) is 0 Å². The average molecular weight is 179 g/mol. The van der Waals surface area contributed by atoms with E-state index in [1.54, 1.807) is 0 Å². The molecule has 0 radical (unpaired) electrons. The van der Waals surface area contributed by atoms with Gasteiger partial charge < -0.3 is 4.90 Å². The van der Waals surface area contributed by atoms with Crippen molar-refractivity contribution in [2.24, 2.45) is 0 Å². The first-order valence-corrected chi connectivity index (χ1v) is 4.80. The van der Waals surface area contributed by atoms with Crippen LogP contribution in [0, 0.1) is 0 Å². The van der Waals surface area contributed by atoms with Gasteiger partial charge in [-0.05, 0) is 32.4 Å². The van der Waals surface area contributed by atoms with E-state index in [9.17, 15) is 0 Å². The van der Waals surface area contributed by atoms with E-state index in [1.807, 2.05) is 6.08 Å². The van der Waals surface area contributed by atoms with Gasteiger partial charge >= 0.3 is 0 Å². The van der Waals surface area contributed by atoms with Crippen LogP contribution in [-0.2, 0) is 0 Å². The standard InChI is InChI=1S/C12H21N/c1-6-10-13(5)12(7-2)9-8-11(3)4/h7-9H,2,6,10H2,1,3-5H3/b12-9+. The van der Waals surface area contributed by atoms with Crippen LogP contribution in [0.5, 0.6) is 0 Å². The van der Waals surface area contributed by atoms with Crippen molar-refractivity contribution in [1.29, 1.82) is 0 Å². The maximum absolute atomic E-state index is 3.80. The highest BCUT2D eigenvalue weighted by atomic mass is 15.1. The lowest BCUT2D eigenvalue weighted by Crippen LogP contribution is -2.16. The molecule has 1 heteroatoms. The SMILES string of the molecule is C=C/C(=C\C=C(C)C)N(C)CCC. The minimum Gasteiger partial charge on any atom is -0.375 e. The summed E-state index contributed by atoms with van der Waals surface area (Å²) >= 11 is 0. The highest BCUT2D eigenvalue weighted by molar-refractivity contribution is 5.22. The van der Waals surface area contributed by atoms with Crippen LogP contribution in [-0.4, -0.2) is 18.5 Å². The van der Waals surface area contributed by atoms with Crippen LogP contribution < -0.4 is 0 Å². The van der Waals surface area contributed by atoms with Crippen LogP contribution in [0.2, 0.25) is 0 Å². The molecule has 0 aliphatic heterocycles.